The first-order valence-electron chi connectivity index (χ1n) is 11.4. The van der Waals surface area contributed by atoms with Gasteiger partial charge in [-0.2, -0.15) is 12.7 Å². The normalized spacial score (nSPS) is 16.3. The number of amides is 1. The van der Waals surface area contributed by atoms with Crippen LogP contribution in [0.4, 0.5) is 30.2 Å². The van der Waals surface area contributed by atoms with Gasteiger partial charge in [0.25, 0.3) is 0 Å². The predicted molar refractivity (Wildman–Crippen MR) is 144 cm³/mol. The molecule has 4 rings (SSSR count). The molecule has 1 unspecified atom stereocenters. The number of anilines is 3. The summed E-state index contributed by atoms with van der Waals surface area (Å²) in [6, 6.07) is 15.2. The van der Waals surface area contributed by atoms with Gasteiger partial charge < -0.3 is 10.6 Å². The summed E-state index contributed by atoms with van der Waals surface area (Å²) in [4.78, 5) is 12.7. The van der Waals surface area contributed by atoms with Crippen molar-refractivity contribution in [1.82, 2.24) is 9.62 Å². The van der Waals surface area contributed by atoms with Crippen LogP contribution in [-0.2, 0) is 21.5 Å². The van der Waals surface area contributed by atoms with Crippen LogP contribution in [0.5, 0.6) is 0 Å². The smallest absolute Gasteiger partial charge is 0.301 e. The molecular weight excluding hydrogens is 620 g/mol. The Morgan fingerprint density at radius 1 is 1.00 bits per heavy atom. The number of hydrogen-bond acceptors (Lipinski definition) is 4. The van der Waals surface area contributed by atoms with Crippen molar-refractivity contribution in [2.75, 3.05) is 23.1 Å². The number of carbonyl (C=O) groups is 1. The monoisotopic (exact) mass is 644 g/mol. The molecule has 1 atom stereocenters. The van der Waals surface area contributed by atoms with Gasteiger partial charge in [0.2, 0.25) is 5.91 Å². The molecule has 1 aliphatic heterocycles. The molecule has 0 aromatic heterocycles. The van der Waals surface area contributed by atoms with Crippen LogP contribution in [0.2, 0.25) is 0 Å². The van der Waals surface area contributed by atoms with Crippen LogP contribution in [-0.4, -0.2) is 31.7 Å². The minimum absolute atomic E-state index is 0.0753. The molecule has 3 aromatic rings. The van der Waals surface area contributed by atoms with E-state index in [-0.39, 0.29) is 30.4 Å². The lowest BCUT2D eigenvalue weighted by Crippen LogP contribution is -2.47. The number of nitrogens with one attached hydrogen (secondary N) is 3. The Kier molecular flexibility index (Phi) is 8.60. The molecule has 7 nitrogen and oxygen atoms in total. The number of halogens is 4. The van der Waals surface area contributed by atoms with E-state index in [0.29, 0.717) is 23.0 Å². The average molecular weight is 644 g/mol. The van der Waals surface area contributed by atoms with Gasteiger partial charge in [-0.3, -0.25) is 9.52 Å². The maximum absolute atomic E-state index is 14.7. The second-order valence-electron chi connectivity index (χ2n) is 8.54. The van der Waals surface area contributed by atoms with Crippen molar-refractivity contribution in [3.05, 3.63) is 87.2 Å². The summed E-state index contributed by atoms with van der Waals surface area (Å²) in [5.41, 5.74) is -0.0930. The van der Waals surface area contributed by atoms with Gasteiger partial charge in [0.1, 0.15) is 11.5 Å². The van der Waals surface area contributed by atoms with E-state index >= 15 is 0 Å². The molecule has 0 bridgehead atoms. The second kappa shape index (κ2) is 11.7. The molecule has 0 radical (unpaired) electrons. The predicted octanol–water partition coefficient (Wildman–Crippen LogP) is 5.14. The van der Waals surface area contributed by atoms with Crippen molar-refractivity contribution >= 4 is 55.8 Å². The van der Waals surface area contributed by atoms with Gasteiger partial charge in [-0.1, -0.05) is 30.3 Å². The van der Waals surface area contributed by atoms with Crippen LogP contribution in [0.3, 0.4) is 0 Å². The largest absolute Gasteiger partial charge is 0.352 e. The fourth-order valence-corrected chi connectivity index (χ4v) is 5.77. The highest BCUT2D eigenvalue weighted by atomic mass is 127. The standard InChI is InChI=1S/C25H24F3IN4O3S/c26-19-9-11-22(24(23(19)28)31-21-10-8-18(29)13-20(21)27)32-37(35,36)33-12-4-7-17(15-33)25(34)30-14-16-5-2-1-3-6-16/h1-3,5-6,8-11,13,17,31-32H,4,7,12,14-15H2,(H,30,34). The summed E-state index contributed by atoms with van der Waals surface area (Å²) in [6.45, 7) is 0.393. The molecule has 1 heterocycles. The third-order valence-electron chi connectivity index (χ3n) is 5.93. The second-order valence-corrected chi connectivity index (χ2v) is 11.5. The van der Waals surface area contributed by atoms with Crippen molar-refractivity contribution in [1.29, 1.82) is 0 Å². The third kappa shape index (κ3) is 6.73. The van der Waals surface area contributed by atoms with E-state index in [4.69, 9.17) is 0 Å². The van der Waals surface area contributed by atoms with Gasteiger partial charge in [-0.15, -0.1) is 0 Å². The Bertz CT molecular complexity index is 1390. The Labute approximate surface area is 226 Å². The number of benzene rings is 3. The zero-order valence-corrected chi connectivity index (χ0v) is 22.5. The molecule has 1 saturated heterocycles. The van der Waals surface area contributed by atoms with E-state index in [1.807, 2.05) is 52.9 Å². The first-order valence-corrected chi connectivity index (χ1v) is 14.0. The minimum atomic E-state index is -4.25. The number of nitrogens with zero attached hydrogens (tertiary/aromatic N) is 1. The van der Waals surface area contributed by atoms with E-state index < -0.39 is 39.3 Å². The van der Waals surface area contributed by atoms with Crippen molar-refractivity contribution in [3.8, 4) is 0 Å². The van der Waals surface area contributed by atoms with E-state index in [2.05, 4.69) is 15.4 Å². The maximum Gasteiger partial charge on any atom is 0.301 e. The molecule has 0 aliphatic carbocycles. The SMILES string of the molecule is O=C(NCc1ccccc1)C1CCCN(S(=O)(=O)Nc2ccc(F)c(F)c2Nc2ccc(I)cc2F)C1. The summed E-state index contributed by atoms with van der Waals surface area (Å²) in [5, 5.41) is 5.29. The Balaban J connectivity index is 1.49. The molecule has 3 N–H and O–H groups in total. The van der Waals surface area contributed by atoms with Gasteiger partial charge in [-0.25, -0.2) is 13.2 Å². The molecule has 1 fully saturated rings. The van der Waals surface area contributed by atoms with Gasteiger partial charge in [-0.05, 0) is 71.3 Å². The summed E-state index contributed by atoms with van der Waals surface area (Å²) in [5.74, 6) is -4.16. The summed E-state index contributed by atoms with van der Waals surface area (Å²) in [6.07, 6.45) is 0.956. The molecule has 12 heteroatoms. The van der Waals surface area contributed by atoms with E-state index in [1.54, 1.807) is 6.07 Å². The Morgan fingerprint density at radius 3 is 2.46 bits per heavy atom. The Hall–Kier alpha value is -2.84. The van der Waals surface area contributed by atoms with Crippen molar-refractivity contribution in [3.63, 3.8) is 0 Å². The molecule has 37 heavy (non-hydrogen) atoms. The van der Waals surface area contributed by atoms with Gasteiger partial charge >= 0.3 is 10.2 Å². The molecule has 0 spiro atoms. The molecule has 3 aromatic carbocycles. The number of carbonyl (C=O) groups excluding carboxylic acids is 1. The van der Waals surface area contributed by atoms with Crippen LogP contribution in [0, 0.1) is 26.9 Å². The van der Waals surface area contributed by atoms with Crippen LogP contribution in [0.25, 0.3) is 0 Å². The quantitative estimate of drug-likeness (QED) is 0.297. The number of piperidine rings is 1. The highest BCUT2D eigenvalue weighted by Crippen LogP contribution is 2.33. The molecular formula is C25H24F3IN4O3S. The zero-order valence-electron chi connectivity index (χ0n) is 19.5. The molecule has 196 valence electrons. The van der Waals surface area contributed by atoms with Crippen LogP contribution < -0.4 is 15.4 Å². The van der Waals surface area contributed by atoms with E-state index in [0.717, 1.165) is 22.0 Å². The fourth-order valence-electron chi connectivity index (χ4n) is 3.99. The van der Waals surface area contributed by atoms with Crippen molar-refractivity contribution < 1.29 is 26.4 Å². The highest BCUT2D eigenvalue weighted by Gasteiger charge is 2.33. The number of rotatable bonds is 8. The minimum Gasteiger partial charge on any atom is -0.352 e. The highest BCUT2D eigenvalue weighted by molar-refractivity contribution is 14.1. The summed E-state index contributed by atoms with van der Waals surface area (Å²) < 4.78 is 73.4. The zero-order chi connectivity index (χ0) is 26.6. The van der Waals surface area contributed by atoms with Crippen LogP contribution in [0.1, 0.15) is 18.4 Å². The van der Waals surface area contributed by atoms with Gasteiger partial charge in [0.05, 0.1) is 17.3 Å². The lowest BCUT2D eigenvalue weighted by molar-refractivity contribution is -0.126. The number of hydrogen-bond donors (Lipinski definition) is 3. The van der Waals surface area contributed by atoms with Crippen LogP contribution >= 0.6 is 22.6 Å². The van der Waals surface area contributed by atoms with Gasteiger partial charge in [0.15, 0.2) is 11.6 Å². The average Bonchev–Trinajstić information content (AvgIpc) is 2.88. The van der Waals surface area contributed by atoms with Crippen LogP contribution in [0.15, 0.2) is 60.7 Å². The molecule has 1 amide bonds. The van der Waals surface area contributed by atoms with E-state index in [1.165, 1.54) is 12.1 Å². The summed E-state index contributed by atoms with van der Waals surface area (Å²) in [7, 11) is -4.25. The van der Waals surface area contributed by atoms with Gasteiger partial charge in [0, 0.05) is 23.2 Å². The maximum atomic E-state index is 14.7. The van der Waals surface area contributed by atoms with Crippen molar-refractivity contribution in [2.45, 2.75) is 19.4 Å². The molecule has 1 aliphatic rings. The topological polar surface area (TPSA) is 90.5 Å². The lowest BCUT2D eigenvalue weighted by atomic mass is 9.99. The summed E-state index contributed by atoms with van der Waals surface area (Å²) >= 11 is 1.90. The lowest BCUT2D eigenvalue weighted by Gasteiger charge is -2.31. The molecule has 0 saturated carbocycles. The fraction of sp³-hybridized carbons (Fsp3) is 0.240. The Morgan fingerprint density at radius 2 is 1.73 bits per heavy atom. The van der Waals surface area contributed by atoms with Crippen molar-refractivity contribution in [2.24, 2.45) is 5.92 Å². The first kappa shape index (κ1) is 27.2. The first-order chi connectivity index (χ1) is 17.6. The van der Waals surface area contributed by atoms with E-state index in [9.17, 15) is 26.4 Å². The third-order valence-corrected chi connectivity index (χ3v) is 8.09.